The predicted octanol–water partition coefficient (Wildman–Crippen LogP) is 3.65. The van der Waals surface area contributed by atoms with Crippen molar-refractivity contribution in [1.82, 2.24) is 19.9 Å². The Labute approximate surface area is 132 Å². The second kappa shape index (κ2) is 5.95. The van der Waals surface area contributed by atoms with Crippen molar-refractivity contribution >= 4 is 21.6 Å². The van der Waals surface area contributed by atoms with Crippen molar-refractivity contribution in [2.45, 2.75) is 26.4 Å². The standard InChI is InChI=1S/C16H17BrN4/c1-11-6-7-13(9-14(11)17)10-18-12(2)16-20-19-15-5-3-4-8-21(15)16/h3-9,12,18H,10H2,1-2H3. The maximum atomic E-state index is 4.28. The summed E-state index contributed by atoms with van der Waals surface area (Å²) < 4.78 is 3.16. The number of aromatic nitrogens is 3. The summed E-state index contributed by atoms with van der Waals surface area (Å²) in [5, 5.41) is 12.0. The first-order chi connectivity index (χ1) is 10.1. The van der Waals surface area contributed by atoms with E-state index < -0.39 is 0 Å². The van der Waals surface area contributed by atoms with E-state index in [2.05, 4.69) is 63.5 Å². The number of fused-ring (bicyclic) bond motifs is 1. The Kier molecular flexibility index (Phi) is 4.03. The third-order valence-electron chi connectivity index (χ3n) is 3.58. The number of pyridine rings is 1. The molecule has 0 saturated heterocycles. The maximum Gasteiger partial charge on any atom is 0.160 e. The third-order valence-corrected chi connectivity index (χ3v) is 4.43. The first-order valence-corrected chi connectivity index (χ1v) is 7.72. The van der Waals surface area contributed by atoms with E-state index in [1.165, 1.54) is 11.1 Å². The van der Waals surface area contributed by atoms with Gasteiger partial charge in [-0.3, -0.25) is 4.40 Å². The molecular weight excluding hydrogens is 328 g/mol. The molecule has 21 heavy (non-hydrogen) atoms. The number of nitrogens with zero attached hydrogens (tertiary/aromatic N) is 3. The van der Waals surface area contributed by atoms with E-state index in [1.807, 2.05) is 28.8 Å². The number of rotatable bonds is 4. The summed E-state index contributed by atoms with van der Waals surface area (Å²) in [6.45, 7) is 4.99. The van der Waals surface area contributed by atoms with Crippen molar-refractivity contribution in [1.29, 1.82) is 0 Å². The fourth-order valence-corrected chi connectivity index (χ4v) is 2.69. The topological polar surface area (TPSA) is 42.2 Å². The highest BCUT2D eigenvalue weighted by Gasteiger charge is 2.12. The monoisotopic (exact) mass is 344 g/mol. The van der Waals surface area contributed by atoms with Gasteiger partial charge in [-0.2, -0.15) is 0 Å². The van der Waals surface area contributed by atoms with Gasteiger partial charge in [-0.25, -0.2) is 0 Å². The molecular formula is C16H17BrN4. The Hall–Kier alpha value is -1.72. The van der Waals surface area contributed by atoms with E-state index in [-0.39, 0.29) is 6.04 Å². The zero-order chi connectivity index (χ0) is 14.8. The summed E-state index contributed by atoms with van der Waals surface area (Å²) in [6.07, 6.45) is 1.99. The zero-order valence-electron chi connectivity index (χ0n) is 12.0. The Bertz CT molecular complexity index is 766. The average Bonchev–Trinajstić information content (AvgIpc) is 2.92. The van der Waals surface area contributed by atoms with Gasteiger partial charge in [0, 0.05) is 17.2 Å². The van der Waals surface area contributed by atoms with Crippen LogP contribution in [0.3, 0.4) is 0 Å². The predicted molar refractivity (Wildman–Crippen MR) is 87.1 cm³/mol. The summed E-state index contributed by atoms with van der Waals surface area (Å²) in [7, 11) is 0. The van der Waals surface area contributed by atoms with Crippen LogP contribution in [-0.4, -0.2) is 14.6 Å². The highest BCUT2D eigenvalue weighted by Crippen LogP contribution is 2.18. The van der Waals surface area contributed by atoms with Crippen LogP contribution >= 0.6 is 15.9 Å². The summed E-state index contributed by atoms with van der Waals surface area (Å²) in [6, 6.07) is 12.5. The second-order valence-electron chi connectivity index (χ2n) is 5.17. The van der Waals surface area contributed by atoms with Gasteiger partial charge in [0.25, 0.3) is 0 Å². The Morgan fingerprint density at radius 2 is 2.10 bits per heavy atom. The third kappa shape index (κ3) is 2.99. The summed E-state index contributed by atoms with van der Waals surface area (Å²) in [5.41, 5.74) is 3.36. The molecule has 1 unspecified atom stereocenters. The van der Waals surface area contributed by atoms with Gasteiger partial charge in [0.2, 0.25) is 0 Å². The molecule has 0 fully saturated rings. The molecule has 0 aliphatic rings. The SMILES string of the molecule is Cc1ccc(CNC(C)c2nnc3ccccn23)cc1Br. The van der Waals surface area contributed by atoms with Gasteiger partial charge >= 0.3 is 0 Å². The molecule has 0 bridgehead atoms. The lowest BCUT2D eigenvalue weighted by Gasteiger charge is -2.13. The smallest absolute Gasteiger partial charge is 0.160 e. The molecule has 0 aliphatic heterocycles. The number of aryl methyl sites for hydroxylation is 1. The average molecular weight is 345 g/mol. The quantitative estimate of drug-likeness (QED) is 0.785. The lowest BCUT2D eigenvalue weighted by atomic mass is 10.1. The molecule has 1 aromatic carbocycles. The van der Waals surface area contributed by atoms with Crippen molar-refractivity contribution < 1.29 is 0 Å². The van der Waals surface area contributed by atoms with Crippen LogP contribution in [0.15, 0.2) is 47.1 Å². The van der Waals surface area contributed by atoms with Gasteiger partial charge < -0.3 is 5.32 Å². The highest BCUT2D eigenvalue weighted by molar-refractivity contribution is 9.10. The largest absolute Gasteiger partial charge is 0.303 e. The number of hydrogen-bond donors (Lipinski definition) is 1. The van der Waals surface area contributed by atoms with Gasteiger partial charge in [0.1, 0.15) is 0 Å². The normalized spacial score (nSPS) is 12.7. The number of hydrogen-bond acceptors (Lipinski definition) is 3. The van der Waals surface area contributed by atoms with Gasteiger partial charge in [-0.05, 0) is 43.2 Å². The molecule has 0 amide bonds. The van der Waals surface area contributed by atoms with E-state index in [1.54, 1.807) is 0 Å². The maximum absolute atomic E-state index is 4.28. The van der Waals surface area contributed by atoms with E-state index in [0.29, 0.717) is 0 Å². The van der Waals surface area contributed by atoms with Gasteiger partial charge in [-0.1, -0.05) is 34.1 Å². The van der Waals surface area contributed by atoms with E-state index >= 15 is 0 Å². The molecule has 0 aliphatic carbocycles. The molecule has 3 rings (SSSR count). The number of halogens is 1. The first kappa shape index (κ1) is 14.2. The van der Waals surface area contributed by atoms with Crippen LogP contribution in [0.4, 0.5) is 0 Å². The molecule has 4 nitrogen and oxygen atoms in total. The minimum Gasteiger partial charge on any atom is -0.303 e. The van der Waals surface area contributed by atoms with Crippen molar-refractivity contribution in [3.8, 4) is 0 Å². The van der Waals surface area contributed by atoms with Gasteiger partial charge in [0.15, 0.2) is 11.5 Å². The lowest BCUT2D eigenvalue weighted by molar-refractivity contribution is 0.541. The molecule has 0 saturated carbocycles. The van der Waals surface area contributed by atoms with E-state index in [4.69, 9.17) is 0 Å². The second-order valence-corrected chi connectivity index (χ2v) is 6.03. The van der Waals surface area contributed by atoms with Crippen LogP contribution in [0.1, 0.15) is 29.9 Å². The van der Waals surface area contributed by atoms with E-state index in [9.17, 15) is 0 Å². The zero-order valence-corrected chi connectivity index (χ0v) is 13.6. The van der Waals surface area contributed by atoms with Gasteiger partial charge in [0.05, 0.1) is 6.04 Å². The molecule has 1 atom stereocenters. The fourth-order valence-electron chi connectivity index (χ4n) is 2.26. The van der Waals surface area contributed by atoms with Gasteiger partial charge in [-0.15, -0.1) is 10.2 Å². The summed E-state index contributed by atoms with van der Waals surface area (Å²) in [4.78, 5) is 0. The Morgan fingerprint density at radius 1 is 1.24 bits per heavy atom. The van der Waals surface area contributed by atoms with Crippen molar-refractivity contribution in [2.24, 2.45) is 0 Å². The number of benzene rings is 1. The van der Waals surface area contributed by atoms with Crippen LogP contribution < -0.4 is 5.32 Å². The number of nitrogens with one attached hydrogen (secondary N) is 1. The van der Waals surface area contributed by atoms with Crippen LogP contribution in [-0.2, 0) is 6.54 Å². The summed E-state index contributed by atoms with van der Waals surface area (Å²) in [5.74, 6) is 0.928. The fraction of sp³-hybridized carbons (Fsp3) is 0.250. The molecule has 2 heterocycles. The van der Waals surface area contributed by atoms with Crippen LogP contribution in [0, 0.1) is 6.92 Å². The Balaban J connectivity index is 1.74. The molecule has 2 aromatic heterocycles. The molecule has 0 radical (unpaired) electrons. The van der Waals surface area contributed by atoms with E-state index in [0.717, 1.165) is 22.5 Å². The summed E-state index contributed by atoms with van der Waals surface area (Å²) >= 11 is 3.57. The molecule has 108 valence electrons. The minimum absolute atomic E-state index is 0.127. The lowest BCUT2D eigenvalue weighted by Crippen LogP contribution is -2.20. The molecule has 0 spiro atoms. The van der Waals surface area contributed by atoms with Crippen LogP contribution in [0.2, 0.25) is 0 Å². The van der Waals surface area contributed by atoms with Crippen molar-refractivity contribution in [3.63, 3.8) is 0 Å². The van der Waals surface area contributed by atoms with Crippen LogP contribution in [0.25, 0.3) is 5.65 Å². The highest BCUT2D eigenvalue weighted by atomic mass is 79.9. The minimum atomic E-state index is 0.127. The van der Waals surface area contributed by atoms with Crippen LogP contribution in [0.5, 0.6) is 0 Å². The molecule has 5 heteroatoms. The first-order valence-electron chi connectivity index (χ1n) is 6.93. The van der Waals surface area contributed by atoms with Crippen molar-refractivity contribution in [2.75, 3.05) is 0 Å². The molecule has 1 N–H and O–H groups in total. The van der Waals surface area contributed by atoms with Crippen molar-refractivity contribution in [3.05, 3.63) is 64.0 Å². The Morgan fingerprint density at radius 3 is 2.90 bits per heavy atom. The molecule has 3 aromatic rings.